The molecular weight excluding hydrogens is 613 g/mol. The Morgan fingerprint density at radius 3 is 0.745 bits per heavy atom. The van der Waals surface area contributed by atoms with Crippen LogP contribution in [0.3, 0.4) is 0 Å². The minimum absolute atomic E-state index is 0.0721. The second-order valence-electron chi connectivity index (χ2n) is 15.2. The molecule has 4 aliphatic rings. The molecule has 4 aliphatic carbocycles. The van der Waals surface area contributed by atoms with Crippen LogP contribution >= 0.6 is 0 Å². The van der Waals surface area contributed by atoms with Gasteiger partial charge in [0, 0.05) is 10.8 Å². The molecule has 248 valence electrons. The van der Waals surface area contributed by atoms with E-state index in [4.69, 9.17) is 0 Å². The summed E-state index contributed by atoms with van der Waals surface area (Å²) in [5.74, 6) is 0. The van der Waals surface area contributed by atoms with Crippen LogP contribution in [0, 0.1) is 0 Å². The Balaban J connectivity index is 0.000000130. The minimum atomic E-state index is -0.180. The fraction of sp³-hybridized carbons (Fsp3) is 0.176. The van der Waals surface area contributed by atoms with Crippen molar-refractivity contribution in [3.8, 4) is 44.5 Å². The van der Waals surface area contributed by atoms with Gasteiger partial charge in [-0.25, -0.2) is 0 Å². The molecule has 7 aromatic rings. The fourth-order valence-electron chi connectivity index (χ4n) is 9.95. The maximum absolute atomic E-state index is 2.47. The summed E-state index contributed by atoms with van der Waals surface area (Å²) in [5, 5.41) is 0. The smallest absolute Gasteiger partial charge is 0.0683 e. The van der Waals surface area contributed by atoms with Crippen LogP contribution < -0.4 is 0 Å². The molecule has 0 N–H and O–H groups in total. The number of benzene rings is 7. The molecule has 0 unspecified atom stereocenters. The van der Waals surface area contributed by atoms with E-state index in [1.807, 2.05) is 13.8 Å². The topological polar surface area (TPSA) is 0 Å². The van der Waals surface area contributed by atoms with E-state index in [2.05, 4.69) is 185 Å². The van der Waals surface area contributed by atoms with Gasteiger partial charge in [0.15, 0.2) is 0 Å². The van der Waals surface area contributed by atoms with Gasteiger partial charge in [0.05, 0.1) is 5.41 Å². The van der Waals surface area contributed by atoms with Crippen LogP contribution in [0.25, 0.3) is 44.5 Å². The quantitative estimate of drug-likeness (QED) is 0.152. The monoisotopic (exact) mass is 656 g/mol. The lowest BCUT2D eigenvalue weighted by molar-refractivity contribution is 0.652. The molecule has 0 radical (unpaired) electrons. The largest absolute Gasteiger partial charge is 0.0725 e. The van der Waals surface area contributed by atoms with E-state index in [9.17, 15) is 0 Å². The summed E-state index contributed by atoms with van der Waals surface area (Å²) in [4.78, 5) is 0. The lowest BCUT2D eigenvalue weighted by Gasteiger charge is -2.30. The molecule has 0 fully saturated rings. The normalized spacial score (nSPS) is 15.7. The second kappa shape index (κ2) is 11.3. The first-order chi connectivity index (χ1) is 24.8. The zero-order chi connectivity index (χ0) is 35.1. The number of fused-ring (bicyclic) bond motifs is 16. The number of hydrogen-bond acceptors (Lipinski definition) is 0. The van der Waals surface area contributed by atoms with E-state index >= 15 is 0 Å². The van der Waals surface area contributed by atoms with E-state index in [0.717, 1.165) is 0 Å². The Kier molecular flexibility index (Phi) is 6.97. The van der Waals surface area contributed by atoms with Gasteiger partial charge in [-0.2, -0.15) is 0 Å². The average Bonchev–Trinajstić information content (AvgIpc) is 3.81. The first-order valence-electron chi connectivity index (χ1n) is 18.6. The van der Waals surface area contributed by atoms with Crippen molar-refractivity contribution in [1.82, 2.24) is 0 Å². The van der Waals surface area contributed by atoms with Gasteiger partial charge in [-0.3, -0.25) is 0 Å². The van der Waals surface area contributed by atoms with E-state index in [0.29, 0.717) is 0 Å². The summed E-state index contributed by atoms with van der Waals surface area (Å²) in [6, 6.07) is 58.4. The highest BCUT2D eigenvalue weighted by atomic mass is 14.5. The maximum Gasteiger partial charge on any atom is 0.0725 e. The third-order valence-corrected chi connectivity index (χ3v) is 12.2. The summed E-state index contributed by atoms with van der Waals surface area (Å²) in [6.07, 6.45) is 0. The molecule has 0 saturated carbocycles. The molecule has 0 bridgehead atoms. The molecule has 0 heterocycles. The van der Waals surface area contributed by atoms with Crippen LogP contribution in [0.2, 0.25) is 0 Å². The molecule has 51 heavy (non-hydrogen) atoms. The van der Waals surface area contributed by atoms with Crippen LogP contribution in [0.5, 0.6) is 0 Å². The predicted molar refractivity (Wildman–Crippen MR) is 216 cm³/mol. The fourth-order valence-corrected chi connectivity index (χ4v) is 9.95. The summed E-state index contributed by atoms with van der Waals surface area (Å²) >= 11 is 0. The van der Waals surface area contributed by atoms with Gasteiger partial charge >= 0.3 is 0 Å². The predicted octanol–water partition coefficient (Wildman–Crippen LogP) is 13.4. The van der Waals surface area contributed by atoms with Gasteiger partial charge < -0.3 is 0 Å². The Morgan fingerprint density at radius 1 is 0.255 bits per heavy atom. The lowest BCUT2D eigenvalue weighted by Crippen LogP contribution is -2.25. The Labute approximate surface area is 303 Å². The van der Waals surface area contributed by atoms with Gasteiger partial charge in [-0.1, -0.05) is 187 Å². The van der Waals surface area contributed by atoms with Crippen LogP contribution in [-0.2, 0) is 16.2 Å². The van der Waals surface area contributed by atoms with Gasteiger partial charge in [-0.05, 0) is 101 Å². The highest BCUT2D eigenvalue weighted by Gasteiger charge is 2.51. The van der Waals surface area contributed by atoms with E-state index in [1.54, 1.807) is 0 Å². The molecule has 7 aromatic carbocycles. The van der Waals surface area contributed by atoms with Gasteiger partial charge in [0.2, 0.25) is 0 Å². The highest BCUT2D eigenvalue weighted by molar-refractivity contribution is 5.95. The SMILES string of the molecule is CC.CC1(C)c2ccccc2-c2cc3c(cc21)-c1ccccc1C3(C)C.c1ccc2c(c1)-c1ccccc1C21c2ccccc2-c2ccccc21. The zero-order valence-electron chi connectivity index (χ0n) is 30.5. The third-order valence-electron chi connectivity index (χ3n) is 12.2. The Bertz CT molecular complexity index is 2230. The molecule has 0 saturated heterocycles. The molecule has 11 rings (SSSR count). The molecule has 0 atom stereocenters. The maximum atomic E-state index is 2.47. The van der Waals surface area contributed by atoms with Crippen molar-refractivity contribution in [2.24, 2.45) is 0 Å². The van der Waals surface area contributed by atoms with Crippen molar-refractivity contribution < 1.29 is 0 Å². The van der Waals surface area contributed by atoms with Crippen molar-refractivity contribution in [1.29, 1.82) is 0 Å². The lowest BCUT2D eigenvalue weighted by atomic mass is 9.70. The van der Waals surface area contributed by atoms with Crippen LogP contribution in [0.4, 0.5) is 0 Å². The summed E-state index contributed by atoms with van der Waals surface area (Å²) in [5.41, 5.74) is 22.6. The first-order valence-corrected chi connectivity index (χ1v) is 18.6. The van der Waals surface area contributed by atoms with E-state index in [-0.39, 0.29) is 16.2 Å². The van der Waals surface area contributed by atoms with Crippen molar-refractivity contribution in [2.75, 3.05) is 0 Å². The van der Waals surface area contributed by atoms with Crippen molar-refractivity contribution in [3.05, 3.63) is 202 Å². The summed E-state index contributed by atoms with van der Waals surface area (Å²) in [6.45, 7) is 13.4. The van der Waals surface area contributed by atoms with Gasteiger partial charge in [0.25, 0.3) is 0 Å². The third kappa shape index (κ3) is 4.08. The van der Waals surface area contributed by atoms with E-state index in [1.165, 1.54) is 89.0 Å². The minimum Gasteiger partial charge on any atom is -0.0683 e. The highest BCUT2D eigenvalue weighted by Crippen LogP contribution is 2.62. The van der Waals surface area contributed by atoms with E-state index < -0.39 is 0 Å². The van der Waals surface area contributed by atoms with Crippen molar-refractivity contribution in [2.45, 2.75) is 57.8 Å². The molecule has 0 nitrogen and oxygen atoms in total. The van der Waals surface area contributed by atoms with Gasteiger partial charge in [-0.15, -0.1) is 0 Å². The molecular formula is C51H44. The zero-order valence-corrected chi connectivity index (χ0v) is 30.5. The number of hydrogen-bond donors (Lipinski definition) is 0. The van der Waals surface area contributed by atoms with Crippen LogP contribution in [0.1, 0.15) is 86.1 Å². The number of rotatable bonds is 0. The molecule has 1 spiro atoms. The second-order valence-corrected chi connectivity index (χ2v) is 15.2. The van der Waals surface area contributed by atoms with Crippen LogP contribution in [-0.4, -0.2) is 0 Å². The van der Waals surface area contributed by atoms with Gasteiger partial charge in [0.1, 0.15) is 0 Å². The Morgan fingerprint density at radius 2 is 0.471 bits per heavy atom. The molecule has 0 heteroatoms. The van der Waals surface area contributed by atoms with Crippen molar-refractivity contribution in [3.63, 3.8) is 0 Å². The average molecular weight is 657 g/mol. The standard InChI is InChI=1S/C25H16.C24H22.C2H6/c1-5-13-21-17(9-1)18-10-2-6-14-22(18)25(21)23-15-7-3-11-19(23)20-12-4-8-16-24(20)25;1-23(2)19-11-7-5-9-15(19)17-14-22-18(13-21(17)23)16-10-6-8-12-20(16)24(22,3)4;1-2/h1-16H;5-14H,1-4H3;1-2H3. The molecule has 0 amide bonds. The molecule has 0 aromatic heterocycles. The van der Waals surface area contributed by atoms with Crippen molar-refractivity contribution >= 4 is 0 Å². The van der Waals surface area contributed by atoms with Crippen LogP contribution in [0.15, 0.2) is 158 Å². The molecule has 0 aliphatic heterocycles. The Hall–Kier alpha value is -5.46. The summed E-state index contributed by atoms with van der Waals surface area (Å²) in [7, 11) is 0. The first kappa shape index (κ1) is 31.5. The summed E-state index contributed by atoms with van der Waals surface area (Å²) < 4.78 is 0.